The van der Waals surface area contributed by atoms with Crippen molar-refractivity contribution in [1.29, 1.82) is 0 Å². The minimum atomic E-state index is -1.33. The molecule has 0 bridgehead atoms. The molecule has 0 aliphatic heterocycles. The third-order valence-electron chi connectivity index (χ3n) is 1.51. The van der Waals surface area contributed by atoms with Crippen LogP contribution in [0.5, 0.6) is 0 Å². The zero-order valence-electron chi connectivity index (χ0n) is 6.15. The molecule has 0 aliphatic carbocycles. The van der Waals surface area contributed by atoms with E-state index in [1.807, 2.05) is 25.1 Å². The van der Waals surface area contributed by atoms with E-state index in [1.54, 1.807) is 6.07 Å². The highest BCUT2D eigenvalue weighted by Gasteiger charge is 2.19. The highest BCUT2D eigenvalue weighted by Crippen LogP contribution is 2.31. The second kappa shape index (κ2) is 3.09. The third kappa shape index (κ3) is 2.15. The molecule has 1 N–H and O–H groups in total. The minimum absolute atomic E-state index is 0.728. The van der Waals surface area contributed by atoms with Gasteiger partial charge in [-0.25, -0.2) is 0 Å². The van der Waals surface area contributed by atoms with Gasteiger partial charge in [-0.3, -0.25) is 0 Å². The minimum Gasteiger partial charge on any atom is -0.367 e. The molecule has 0 radical (unpaired) electrons. The van der Waals surface area contributed by atoms with Gasteiger partial charge in [0, 0.05) is 5.56 Å². The standard InChI is InChI=1S/C8H10OS2/c1-6-4-2-3-5-7(6)8(9,10)11/h2-5,9-11H,1H3. The van der Waals surface area contributed by atoms with Gasteiger partial charge in [0.15, 0.2) is 4.27 Å². The van der Waals surface area contributed by atoms with Gasteiger partial charge in [0.25, 0.3) is 0 Å². The third-order valence-corrected chi connectivity index (χ3v) is 1.99. The summed E-state index contributed by atoms with van der Waals surface area (Å²) >= 11 is 7.87. The average Bonchev–Trinajstić information content (AvgIpc) is 1.86. The van der Waals surface area contributed by atoms with E-state index in [-0.39, 0.29) is 0 Å². The molecule has 0 saturated carbocycles. The first-order valence-corrected chi connectivity index (χ1v) is 4.14. The zero-order valence-corrected chi connectivity index (χ0v) is 7.94. The van der Waals surface area contributed by atoms with Crippen molar-refractivity contribution in [1.82, 2.24) is 0 Å². The Morgan fingerprint density at radius 2 is 1.82 bits per heavy atom. The first kappa shape index (κ1) is 8.97. The Labute approximate surface area is 77.3 Å². The molecule has 0 saturated heterocycles. The Morgan fingerprint density at radius 1 is 1.27 bits per heavy atom. The lowest BCUT2D eigenvalue weighted by Gasteiger charge is -2.17. The van der Waals surface area contributed by atoms with Crippen LogP contribution in [0.3, 0.4) is 0 Å². The van der Waals surface area contributed by atoms with E-state index in [9.17, 15) is 5.11 Å². The molecule has 0 fully saturated rings. The molecule has 1 nitrogen and oxygen atoms in total. The SMILES string of the molecule is Cc1ccccc1C(O)(S)S. The van der Waals surface area contributed by atoms with Crippen LogP contribution in [-0.2, 0) is 4.27 Å². The van der Waals surface area contributed by atoms with Crippen molar-refractivity contribution in [2.75, 3.05) is 0 Å². The predicted octanol–water partition coefficient (Wildman–Crippen LogP) is 1.96. The lowest BCUT2D eigenvalue weighted by Crippen LogP contribution is -2.10. The van der Waals surface area contributed by atoms with Crippen molar-refractivity contribution in [3.63, 3.8) is 0 Å². The Bertz CT molecular complexity index is 253. The molecule has 0 aliphatic rings. The van der Waals surface area contributed by atoms with Crippen molar-refractivity contribution >= 4 is 25.3 Å². The number of thiol groups is 2. The monoisotopic (exact) mass is 186 g/mol. The van der Waals surface area contributed by atoms with Crippen LogP contribution in [0.2, 0.25) is 0 Å². The van der Waals surface area contributed by atoms with Crippen molar-refractivity contribution in [3.8, 4) is 0 Å². The molecule has 3 heteroatoms. The second-order valence-electron chi connectivity index (χ2n) is 2.45. The molecule has 1 aromatic rings. The van der Waals surface area contributed by atoms with Gasteiger partial charge in [0.2, 0.25) is 0 Å². The predicted molar refractivity (Wildman–Crippen MR) is 53.0 cm³/mol. The van der Waals surface area contributed by atoms with Gasteiger partial charge in [-0.15, -0.1) is 25.3 Å². The van der Waals surface area contributed by atoms with Gasteiger partial charge in [0.05, 0.1) is 0 Å². The Balaban J connectivity index is 3.14. The van der Waals surface area contributed by atoms with E-state index in [4.69, 9.17) is 0 Å². The number of benzene rings is 1. The fourth-order valence-electron chi connectivity index (χ4n) is 0.949. The summed E-state index contributed by atoms with van der Waals surface area (Å²) in [5, 5.41) is 9.40. The van der Waals surface area contributed by atoms with Gasteiger partial charge in [0.1, 0.15) is 0 Å². The molecular formula is C8H10OS2. The highest BCUT2D eigenvalue weighted by molar-refractivity contribution is 7.99. The maximum atomic E-state index is 9.40. The summed E-state index contributed by atoms with van der Waals surface area (Å²) in [6.45, 7) is 1.91. The van der Waals surface area contributed by atoms with Crippen molar-refractivity contribution < 1.29 is 5.11 Å². The number of rotatable bonds is 1. The number of aryl methyl sites for hydroxylation is 1. The van der Waals surface area contributed by atoms with Gasteiger partial charge in [-0.2, -0.15) is 0 Å². The lowest BCUT2D eigenvalue weighted by atomic mass is 10.1. The summed E-state index contributed by atoms with van der Waals surface area (Å²) in [6, 6.07) is 7.47. The Hall–Kier alpha value is -0.120. The summed E-state index contributed by atoms with van der Waals surface area (Å²) < 4.78 is -1.33. The topological polar surface area (TPSA) is 20.2 Å². The molecule has 0 atom stereocenters. The Kier molecular flexibility index (Phi) is 2.52. The molecule has 60 valence electrons. The van der Waals surface area contributed by atoms with Gasteiger partial charge >= 0.3 is 0 Å². The van der Waals surface area contributed by atoms with Crippen LogP contribution in [-0.4, -0.2) is 5.11 Å². The van der Waals surface area contributed by atoms with Gasteiger partial charge in [-0.05, 0) is 12.5 Å². The lowest BCUT2D eigenvalue weighted by molar-refractivity contribution is 0.238. The van der Waals surface area contributed by atoms with Crippen molar-refractivity contribution in [2.24, 2.45) is 0 Å². The van der Waals surface area contributed by atoms with Crippen LogP contribution in [0, 0.1) is 6.92 Å². The van der Waals surface area contributed by atoms with E-state index in [1.165, 1.54) is 0 Å². The largest absolute Gasteiger partial charge is 0.367 e. The van der Waals surface area contributed by atoms with E-state index < -0.39 is 4.27 Å². The van der Waals surface area contributed by atoms with Gasteiger partial charge < -0.3 is 5.11 Å². The molecule has 0 unspecified atom stereocenters. The molecule has 11 heavy (non-hydrogen) atoms. The Morgan fingerprint density at radius 3 is 2.18 bits per heavy atom. The molecular weight excluding hydrogens is 176 g/mol. The van der Waals surface area contributed by atoms with Crippen LogP contribution < -0.4 is 0 Å². The first-order valence-electron chi connectivity index (χ1n) is 3.25. The molecule has 0 heterocycles. The van der Waals surface area contributed by atoms with Gasteiger partial charge in [-0.1, -0.05) is 24.3 Å². The van der Waals surface area contributed by atoms with Crippen LogP contribution >= 0.6 is 25.3 Å². The summed E-state index contributed by atoms with van der Waals surface area (Å²) in [5.41, 5.74) is 1.71. The van der Waals surface area contributed by atoms with Crippen LogP contribution in [0.25, 0.3) is 0 Å². The summed E-state index contributed by atoms with van der Waals surface area (Å²) in [7, 11) is 0. The normalized spacial score (nSPS) is 11.6. The molecule has 0 spiro atoms. The average molecular weight is 186 g/mol. The van der Waals surface area contributed by atoms with E-state index in [0.29, 0.717) is 0 Å². The van der Waals surface area contributed by atoms with E-state index in [0.717, 1.165) is 11.1 Å². The molecule has 1 rings (SSSR count). The van der Waals surface area contributed by atoms with E-state index >= 15 is 0 Å². The zero-order chi connectivity index (χ0) is 8.48. The summed E-state index contributed by atoms with van der Waals surface area (Å²) in [6.07, 6.45) is 0. The first-order chi connectivity index (χ1) is 5.02. The molecule has 1 aromatic carbocycles. The van der Waals surface area contributed by atoms with Crippen molar-refractivity contribution in [3.05, 3.63) is 35.4 Å². The molecule has 0 amide bonds. The number of hydrogen-bond donors (Lipinski definition) is 3. The van der Waals surface area contributed by atoms with E-state index in [2.05, 4.69) is 25.3 Å². The number of hydrogen-bond acceptors (Lipinski definition) is 3. The van der Waals surface area contributed by atoms with Crippen LogP contribution in [0.15, 0.2) is 24.3 Å². The maximum absolute atomic E-state index is 9.40. The fraction of sp³-hybridized carbons (Fsp3) is 0.250. The van der Waals surface area contributed by atoms with Crippen LogP contribution in [0.4, 0.5) is 0 Å². The summed E-state index contributed by atoms with van der Waals surface area (Å²) in [5.74, 6) is 0. The second-order valence-corrected chi connectivity index (χ2v) is 4.10. The fourth-order valence-corrected chi connectivity index (χ4v) is 1.45. The number of aliphatic hydroxyl groups is 1. The van der Waals surface area contributed by atoms with Crippen molar-refractivity contribution in [2.45, 2.75) is 11.2 Å². The maximum Gasteiger partial charge on any atom is 0.178 e. The summed E-state index contributed by atoms with van der Waals surface area (Å²) in [4.78, 5) is 0. The van der Waals surface area contributed by atoms with Crippen LogP contribution in [0.1, 0.15) is 11.1 Å². The molecule has 0 aromatic heterocycles. The highest BCUT2D eigenvalue weighted by atomic mass is 32.2. The smallest absolute Gasteiger partial charge is 0.178 e. The quantitative estimate of drug-likeness (QED) is 0.452.